The standard InChI is InChI=1S/C15H24N2/c1-6-9-15(7-2)16-11-14-10-12(4)17(8-3)13(14)5/h2,10,15-16H,6,8-9,11H2,1,3-5H3. The molecule has 0 bridgehead atoms. The van der Waals surface area contributed by atoms with Gasteiger partial charge in [-0.05, 0) is 38.8 Å². The molecule has 1 rings (SSSR count). The maximum atomic E-state index is 5.50. The second-order valence-corrected chi connectivity index (χ2v) is 4.53. The molecule has 0 aliphatic rings. The van der Waals surface area contributed by atoms with Crippen molar-refractivity contribution < 1.29 is 0 Å². The number of hydrogen-bond acceptors (Lipinski definition) is 1. The van der Waals surface area contributed by atoms with E-state index in [4.69, 9.17) is 6.42 Å². The van der Waals surface area contributed by atoms with Crippen molar-refractivity contribution in [3.63, 3.8) is 0 Å². The van der Waals surface area contributed by atoms with E-state index in [1.54, 1.807) is 0 Å². The molecule has 0 aromatic carbocycles. The Labute approximate surface area is 105 Å². The molecule has 94 valence electrons. The Morgan fingerprint density at radius 3 is 2.59 bits per heavy atom. The van der Waals surface area contributed by atoms with Crippen molar-refractivity contribution in [2.24, 2.45) is 0 Å². The van der Waals surface area contributed by atoms with E-state index < -0.39 is 0 Å². The van der Waals surface area contributed by atoms with Crippen molar-refractivity contribution in [3.8, 4) is 12.3 Å². The summed E-state index contributed by atoms with van der Waals surface area (Å²) in [6.45, 7) is 10.6. The summed E-state index contributed by atoms with van der Waals surface area (Å²) in [5, 5.41) is 3.44. The van der Waals surface area contributed by atoms with Gasteiger partial charge in [-0.2, -0.15) is 0 Å². The van der Waals surface area contributed by atoms with Crippen LogP contribution in [0.25, 0.3) is 0 Å². The first kappa shape index (κ1) is 13.9. The summed E-state index contributed by atoms with van der Waals surface area (Å²) in [4.78, 5) is 0. The smallest absolute Gasteiger partial charge is 0.0689 e. The minimum atomic E-state index is 0.199. The molecule has 17 heavy (non-hydrogen) atoms. The molecule has 1 unspecified atom stereocenters. The summed E-state index contributed by atoms with van der Waals surface area (Å²) >= 11 is 0. The molecule has 0 fully saturated rings. The van der Waals surface area contributed by atoms with E-state index in [1.165, 1.54) is 17.0 Å². The lowest BCUT2D eigenvalue weighted by atomic mass is 10.1. The number of terminal acetylenes is 1. The lowest BCUT2D eigenvalue weighted by Gasteiger charge is -2.12. The van der Waals surface area contributed by atoms with E-state index in [2.05, 4.69) is 49.6 Å². The quantitative estimate of drug-likeness (QED) is 0.746. The largest absolute Gasteiger partial charge is 0.349 e. The average molecular weight is 232 g/mol. The SMILES string of the molecule is C#CC(CCC)NCc1cc(C)n(CC)c1C. The monoisotopic (exact) mass is 232 g/mol. The zero-order valence-corrected chi connectivity index (χ0v) is 11.5. The Morgan fingerprint density at radius 1 is 1.41 bits per heavy atom. The van der Waals surface area contributed by atoms with Gasteiger partial charge in [-0.15, -0.1) is 6.42 Å². The lowest BCUT2D eigenvalue weighted by molar-refractivity contribution is 0.560. The van der Waals surface area contributed by atoms with Gasteiger partial charge in [-0.1, -0.05) is 19.3 Å². The van der Waals surface area contributed by atoms with Gasteiger partial charge in [0.1, 0.15) is 0 Å². The zero-order chi connectivity index (χ0) is 12.8. The minimum Gasteiger partial charge on any atom is -0.349 e. The van der Waals surface area contributed by atoms with Crippen LogP contribution in [0.15, 0.2) is 6.07 Å². The van der Waals surface area contributed by atoms with Crippen LogP contribution in [0.4, 0.5) is 0 Å². The van der Waals surface area contributed by atoms with E-state index in [0.717, 1.165) is 25.9 Å². The number of aromatic nitrogens is 1. The molecule has 1 heterocycles. The number of nitrogens with zero attached hydrogens (tertiary/aromatic N) is 1. The fourth-order valence-electron chi connectivity index (χ4n) is 2.30. The van der Waals surface area contributed by atoms with Crippen LogP contribution < -0.4 is 5.32 Å². The fourth-order valence-corrected chi connectivity index (χ4v) is 2.30. The first-order valence-corrected chi connectivity index (χ1v) is 6.49. The number of nitrogens with one attached hydrogen (secondary N) is 1. The molecular formula is C15H24N2. The molecule has 1 aromatic heterocycles. The molecule has 2 nitrogen and oxygen atoms in total. The second kappa shape index (κ2) is 6.51. The highest BCUT2D eigenvalue weighted by atomic mass is 15.0. The number of aryl methyl sites for hydroxylation is 1. The third-order valence-electron chi connectivity index (χ3n) is 3.31. The predicted octanol–water partition coefficient (Wildman–Crippen LogP) is 3.02. The molecular weight excluding hydrogens is 208 g/mol. The fraction of sp³-hybridized carbons (Fsp3) is 0.600. The predicted molar refractivity (Wildman–Crippen MR) is 73.9 cm³/mol. The molecule has 1 atom stereocenters. The topological polar surface area (TPSA) is 17.0 Å². The second-order valence-electron chi connectivity index (χ2n) is 4.53. The van der Waals surface area contributed by atoms with Crippen molar-refractivity contribution in [2.75, 3.05) is 0 Å². The highest BCUT2D eigenvalue weighted by Gasteiger charge is 2.09. The van der Waals surface area contributed by atoms with Gasteiger partial charge in [0.15, 0.2) is 0 Å². The number of hydrogen-bond donors (Lipinski definition) is 1. The van der Waals surface area contributed by atoms with Gasteiger partial charge in [0.2, 0.25) is 0 Å². The Kier molecular flexibility index (Phi) is 5.31. The van der Waals surface area contributed by atoms with Crippen LogP contribution in [0.3, 0.4) is 0 Å². The Hall–Kier alpha value is -1.20. The van der Waals surface area contributed by atoms with Gasteiger partial charge in [0.25, 0.3) is 0 Å². The molecule has 0 aliphatic heterocycles. The molecule has 2 heteroatoms. The zero-order valence-electron chi connectivity index (χ0n) is 11.5. The van der Waals surface area contributed by atoms with Crippen molar-refractivity contribution in [3.05, 3.63) is 23.0 Å². The van der Waals surface area contributed by atoms with Crippen LogP contribution in [-0.4, -0.2) is 10.6 Å². The van der Waals surface area contributed by atoms with Gasteiger partial charge in [-0.25, -0.2) is 0 Å². The van der Waals surface area contributed by atoms with E-state index in [0.29, 0.717) is 0 Å². The maximum Gasteiger partial charge on any atom is 0.0689 e. The molecule has 0 saturated heterocycles. The molecule has 0 aliphatic carbocycles. The van der Waals surface area contributed by atoms with Gasteiger partial charge in [0, 0.05) is 24.5 Å². The summed E-state index contributed by atoms with van der Waals surface area (Å²) in [5.41, 5.74) is 4.04. The van der Waals surface area contributed by atoms with Gasteiger partial charge in [-0.3, -0.25) is 5.32 Å². The van der Waals surface area contributed by atoms with E-state index in [-0.39, 0.29) is 6.04 Å². The lowest BCUT2D eigenvalue weighted by Crippen LogP contribution is -2.26. The molecule has 1 N–H and O–H groups in total. The Bertz CT molecular complexity index is 396. The summed E-state index contributed by atoms with van der Waals surface area (Å²) in [6, 6.07) is 2.45. The van der Waals surface area contributed by atoms with Crippen LogP contribution in [0, 0.1) is 26.2 Å². The first-order chi connectivity index (χ1) is 8.13. The Balaban J connectivity index is 2.67. The molecule has 0 saturated carbocycles. The third kappa shape index (κ3) is 3.38. The van der Waals surface area contributed by atoms with Crippen molar-refractivity contribution in [1.29, 1.82) is 0 Å². The molecule has 0 spiro atoms. The van der Waals surface area contributed by atoms with Crippen molar-refractivity contribution in [2.45, 2.75) is 59.7 Å². The molecule has 0 radical (unpaired) electrons. The van der Waals surface area contributed by atoms with Gasteiger partial charge >= 0.3 is 0 Å². The third-order valence-corrected chi connectivity index (χ3v) is 3.31. The first-order valence-electron chi connectivity index (χ1n) is 6.49. The van der Waals surface area contributed by atoms with Crippen LogP contribution in [0.5, 0.6) is 0 Å². The van der Waals surface area contributed by atoms with E-state index in [1.807, 2.05) is 0 Å². The van der Waals surface area contributed by atoms with E-state index in [9.17, 15) is 0 Å². The average Bonchev–Trinajstić information content (AvgIpc) is 2.59. The van der Waals surface area contributed by atoms with Gasteiger partial charge in [0.05, 0.1) is 6.04 Å². The summed E-state index contributed by atoms with van der Waals surface area (Å²) in [7, 11) is 0. The number of rotatable bonds is 6. The highest BCUT2D eigenvalue weighted by molar-refractivity contribution is 5.26. The van der Waals surface area contributed by atoms with E-state index >= 15 is 0 Å². The normalized spacial score (nSPS) is 12.4. The molecule has 1 aromatic rings. The highest BCUT2D eigenvalue weighted by Crippen LogP contribution is 2.15. The van der Waals surface area contributed by atoms with Gasteiger partial charge < -0.3 is 4.57 Å². The Morgan fingerprint density at radius 2 is 2.12 bits per heavy atom. The van der Waals surface area contributed by atoms with Crippen LogP contribution in [0.2, 0.25) is 0 Å². The van der Waals surface area contributed by atoms with Crippen LogP contribution >= 0.6 is 0 Å². The van der Waals surface area contributed by atoms with Crippen LogP contribution in [-0.2, 0) is 13.1 Å². The summed E-state index contributed by atoms with van der Waals surface area (Å²) < 4.78 is 2.34. The maximum absolute atomic E-state index is 5.50. The summed E-state index contributed by atoms with van der Waals surface area (Å²) in [6.07, 6.45) is 7.67. The van der Waals surface area contributed by atoms with Crippen LogP contribution in [0.1, 0.15) is 43.6 Å². The molecule has 0 amide bonds. The van der Waals surface area contributed by atoms with Crippen molar-refractivity contribution >= 4 is 0 Å². The van der Waals surface area contributed by atoms with Crippen molar-refractivity contribution in [1.82, 2.24) is 9.88 Å². The summed E-state index contributed by atoms with van der Waals surface area (Å²) in [5.74, 6) is 2.81. The minimum absolute atomic E-state index is 0.199.